The van der Waals surface area contributed by atoms with E-state index in [1.165, 1.54) is 10.7 Å². The van der Waals surface area contributed by atoms with Gasteiger partial charge in [-0.15, -0.1) is 0 Å². The summed E-state index contributed by atoms with van der Waals surface area (Å²) in [6.45, 7) is 2.70. The lowest BCUT2D eigenvalue weighted by atomic mass is 9.94. The highest BCUT2D eigenvalue weighted by atomic mass is 35.5. The van der Waals surface area contributed by atoms with Crippen LogP contribution in [0.5, 0.6) is 5.75 Å². The first-order chi connectivity index (χ1) is 21.6. The Kier molecular flexibility index (Phi) is 12.7. The molecular formula is C35H44ClN3O5S. The molecule has 0 aromatic heterocycles. The molecule has 1 aliphatic rings. The fraction of sp³-hybridized carbons (Fsp3) is 0.429. The average molecular weight is 654 g/mol. The van der Waals surface area contributed by atoms with Gasteiger partial charge in [-0.3, -0.25) is 13.9 Å². The van der Waals surface area contributed by atoms with Crippen LogP contribution in [0.15, 0.2) is 78.9 Å². The summed E-state index contributed by atoms with van der Waals surface area (Å²) in [5.74, 6) is 0.251. The van der Waals surface area contributed by atoms with Gasteiger partial charge in [0.05, 0.1) is 18.6 Å². The van der Waals surface area contributed by atoms with E-state index in [1.807, 2.05) is 49.4 Å². The molecule has 0 aliphatic heterocycles. The largest absolute Gasteiger partial charge is 0.494 e. The van der Waals surface area contributed by atoms with Crippen LogP contribution in [0.2, 0.25) is 5.02 Å². The Morgan fingerprint density at radius 2 is 1.64 bits per heavy atom. The number of benzene rings is 3. The summed E-state index contributed by atoms with van der Waals surface area (Å²) in [4.78, 5) is 29.7. The van der Waals surface area contributed by atoms with Gasteiger partial charge >= 0.3 is 0 Å². The topological polar surface area (TPSA) is 96.0 Å². The van der Waals surface area contributed by atoms with Gasteiger partial charge in [0.25, 0.3) is 0 Å². The van der Waals surface area contributed by atoms with Crippen LogP contribution in [0, 0.1) is 0 Å². The van der Waals surface area contributed by atoms with Crippen molar-refractivity contribution in [2.75, 3.05) is 23.7 Å². The molecule has 0 radical (unpaired) electrons. The summed E-state index contributed by atoms with van der Waals surface area (Å²) in [5.41, 5.74) is 2.26. The second-order valence-corrected chi connectivity index (χ2v) is 13.9. The predicted octanol–water partition coefficient (Wildman–Crippen LogP) is 6.37. The number of rotatable bonds is 15. The van der Waals surface area contributed by atoms with Crippen LogP contribution < -0.4 is 14.4 Å². The minimum Gasteiger partial charge on any atom is -0.494 e. The van der Waals surface area contributed by atoms with E-state index in [1.54, 1.807) is 41.3 Å². The maximum absolute atomic E-state index is 14.1. The van der Waals surface area contributed by atoms with Crippen LogP contribution in [-0.4, -0.2) is 56.6 Å². The molecule has 45 heavy (non-hydrogen) atoms. The summed E-state index contributed by atoms with van der Waals surface area (Å²) in [6.07, 6.45) is 7.02. The molecule has 2 amide bonds. The van der Waals surface area contributed by atoms with Crippen LogP contribution >= 0.6 is 11.6 Å². The van der Waals surface area contributed by atoms with E-state index >= 15 is 0 Å². The molecule has 8 nitrogen and oxygen atoms in total. The molecule has 1 aliphatic carbocycles. The number of carbonyl (C=O) groups is 2. The number of halogens is 1. The molecule has 0 heterocycles. The van der Waals surface area contributed by atoms with Crippen LogP contribution in [0.25, 0.3) is 0 Å². The smallest absolute Gasteiger partial charge is 0.243 e. The molecule has 1 saturated carbocycles. The molecule has 4 rings (SSSR count). The minimum atomic E-state index is -3.61. The van der Waals surface area contributed by atoms with E-state index < -0.39 is 16.1 Å². The Labute approximate surface area is 272 Å². The molecule has 3 aromatic rings. The zero-order valence-corrected chi connectivity index (χ0v) is 27.7. The van der Waals surface area contributed by atoms with E-state index in [0.717, 1.165) is 43.1 Å². The predicted molar refractivity (Wildman–Crippen MR) is 180 cm³/mol. The number of amides is 2. The van der Waals surface area contributed by atoms with Crippen molar-refractivity contribution in [3.8, 4) is 5.75 Å². The molecule has 0 bridgehead atoms. The SMILES string of the molecule is CCOc1ccc(N(CCCC(=O)N(Cc2cccc(Cl)c2)C(Cc2ccccc2)C(=O)NC2CCCCC2)S(C)(=O)=O)cc1. The first-order valence-electron chi connectivity index (χ1n) is 15.7. The van der Waals surface area contributed by atoms with E-state index in [9.17, 15) is 18.0 Å². The van der Waals surface area contributed by atoms with Crippen molar-refractivity contribution in [2.24, 2.45) is 0 Å². The molecule has 1 fully saturated rings. The molecule has 10 heteroatoms. The van der Waals surface area contributed by atoms with Crippen molar-refractivity contribution in [3.05, 3.63) is 95.0 Å². The lowest BCUT2D eigenvalue weighted by Gasteiger charge is -2.34. The summed E-state index contributed by atoms with van der Waals surface area (Å²) >= 11 is 6.30. The first-order valence-corrected chi connectivity index (χ1v) is 18.0. The number of hydrogen-bond acceptors (Lipinski definition) is 5. The fourth-order valence-corrected chi connectivity index (χ4v) is 6.99. The number of nitrogens with one attached hydrogen (secondary N) is 1. The van der Waals surface area contributed by atoms with Crippen LogP contribution in [-0.2, 0) is 32.6 Å². The third-order valence-electron chi connectivity index (χ3n) is 8.05. The highest BCUT2D eigenvalue weighted by molar-refractivity contribution is 7.92. The van der Waals surface area contributed by atoms with Crippen molar-refractivity contribution in [1.29, 1.82) is 0 Å². The van der Waals surface area contributed by atoms with Crippen LogP contribution in [0.1, 0.15) is 63.0 Å². The van der Waals surface area contributed by atoms with Gasteiger partial charge in [0, 0.05) is 37.0 Å². The van der Waals surface area contributed by atoms with Gasteiger partial charge in [0.2, 0.25) is 21.8 Å². The molecular weight excluding hydrogens is 610 g/mol. The minimum absolute atomic E-state index is 0.0611. The summed E-state index contributed by atoms with van der Waals surface area (Å²) in [7, 11) is -3.61. The molecule has 1 atom stereocenters. The summed E-state index contributed by atoms with van der Waals surface area (Å²) in [6, 6.07) is 23.2. The second kappa shape index (κ2) is 16.7. The second-order valence-electron chi connectivity index (χ2n) is 11.6. The van der Waals surface area contributed by atoms with Crippen molar-refractivity contribution in [1.82, 2.24) is 10.2 Å². The number of carbonyl (C=O) groups excluding carboxylic acids is 2. The van der Waals surface area contributed by atoms with Crippen LogP contribution in [0.3, 0.4) is 0 Å². The van der Waals surface area contributed by atoms with Crippen molar-refractivity contribution < 1.29 is 22.7 Å². The van der Waals surface area contributed by atoms with Gasteiger partial charge in [0.1, 0.15) is 11.8 Å². The number of ether oxygens (including phenoxy) is 1. The maximum Gasteiger partial charge on any atom is 0.243 e. The molecule has 0 saturated heterocycles. The van der Waals surface area contributed by atoms with Crippen molar-refractivity contribution in [3.63, 3.8) is 0 Å². The maximum atomic E-state index is 14.1. The van der Waals surface area contributed by atoms with Crippen molar-refractivity contribution in [2.45, 2.75) is 76.9 Å². The number of anilines is 1. The monoisotopic (exact) mass is 653 g/mol. The van der Waals surface area contributed by atoms with E-state index in [-0.39, 0.29) is 43.8 Å². The fourth-order valence-electron chi connectivity index (χ4n) is 5.81. The third-order valence-corrected chi connectivity index (χ3v) is 9.48. The Morgan fingerprint density at radius 1 is 0.956 bits per heavy atom. The van der Waals surface area contributed by atoms with E-state index in [2.05, 4.69) is 5.32 Å². The van der Waals surface area contributed by atoms with E-state index in [4.69, 9.17) is 16.3 Å². The third kappa shape index (κ3) is 10.5. The van der Waals surface area contributed by atoms with Gasteiger partial charge in [-0.2, -0.15) is 0 Å². The normalized spacial score (nSPS) is 14.4. The number of nitrogens with zero attached hydrogens (tertiary/aromatic N) is 2. The Hall–Kier alpha value is -3.56. The lowest BCUT2D eigenvalue weighted by molar-refractivity contribution is -0.141. The Bertz CT molecular complexity index is 1500. The zero-order chi connectivity index (χ0) is 32.2. The van der Waals surface area contributed by atoms with E-state index in [0.29, 0.717) is 29.5 Å². The Morgan fingerprint density at radius 3 is 2.29 bits per heavy atom. The first kappa shape index (κ1) is 34.3. The van der Waals surface area contributed by atoms with Crippen LogP contribution in [0.4, 0.5) is 5.69 Å². The highest BCUT2D eigenvalue weighted by Crippen LogP contribution is 2.24. The average Bonchev–Trinajstić information content (AvgIpc) is 3.02. The Balaban J connectivity index is 1.57. The molecule has 3 aromatic carbocycles. The lowest BCUT2D eigenvalue weighted by Crippen LogP contribution is -2.52. The molecule has 242 valence electrons. The van der Waals surface area contributed by atoms with Crippen molar-refractivity contribution >= 4 is 39.1 Å². The quantitative estimate of drug-likeness (QED) is 0.206. The summed E-state index contributed by atoms with van der Waals surface area (Å²) in [5, 5.41) is 3.79. The van der Waals surface area contributed by atoms with Gasteiger partial charge < -0.3 is 15.0 Å². The molecule has 1 unspecified atom stereocenters. The number of hydrogen-bond donors (Lipinski definition) is 1. The van der Waals surface area contributed by atoms with Gasteiger partial charge in [0.15, 0.2) is 0 Å². The zero-order valence-electron chi connectivity index (χ0n) is 26.2. The highest BCUT2D eigenvalue weighted by Gasteiger charge is 2.32. The standard InChI is InChI=1S/C35H44ClN3O5S/c1-3-44-32-21-19-31(20-22-32)39(45(2,42)43)23-11-18-34(40)38(26-28-14-10-15-29(36)24-28)33(25-27-12-6-4-7-13-27)35(41)37-30-16-8-5-9-17-30/h4,6-7,10,12-15,19-22,24,30,33H,3,5,8-9,11,16-18,23,25-26H2,1-2H3,(H,37,41). The van der Waals surface area contributed by atoms with Gasteiger partial charge in [-0.25, -0.2) is 8.42 Å². The van der Waals surface area contributed by atoms with Gasteiger partial charge in [-0.05, 0) is 73.7 Å². The van der Waals surface area contributed by atoms with Gasteiger partial charge in [-0.1, -0.05) is 73.3 Å². The number of sulfonamides is 1. The molecule has 1 N–H and O–H groups in total. The molecule has 0 spiro atoms. The summed E-state index contributed by atoms with van der Waals surface area (Å²) < 4.78 is 32.3.